The second-order valence-electron chi connectivity index (χ2n) is 6.34. The van der Waals surface area contributed by atoms with Gasteiger partial charge in [-0.1, -0.05) is 18.2 Å². The zero-order chi connectivity index (χ0) is 17.0. The lowest BCUT2D eigenvalue weighted by molar-refractivity contribution is 0.607. The predicted molar refractivity (Wildman–Crippen MR) is 110 cm³/mol. The van der Waals surface area contributed by atoms with E-state index in [1.54, 1.807) is 25.4 Å². The molecule has 134 valence electrons. The molecule has 1 fully saturated rings. The summed E-state index contributed by atoms with van der Waals surface area (Å²) in [5.74, 6) is 0.564. The number of pyridine rings is 1. The first-order valence-corrected chi connectivity index (χ1v) is 8.24. The number of aryl methyl sites for hydroxylation is 1. The third kappa shape index (κ3) is 4.90. The van der Waals surface area contributed by atoms with Crippen LogP contribution in [0.3, 0.4) is 0 Å². The fourth-order valence-corrected chi connectivity index (χ4v) is 2.88. The molecule has 4 nitrogen and oxygen atoms in total. The number of hydrogen-bond donors (Lipinski definition) is 2. The number of nitrogens with zero attached hydrogens (tertiary/aromatic N) is 2. The predicted octanol–water partition coefficient (Wildman–Crippen LogP) is 3.54. The van der Waals surface area contributed by atoms with E-state index in [0.29, 0.717) is 6.54 Å². The van der Waals surface area contributed by atoms with E-state index in [2.05, 4.69) is 20.6 Å². The quantitative estimate of drug-likeness (QED) is 0.413. The van der Waals surface area contributed by atoms with Crippen LogP contribution in [0, 0.1) is 12.7 Å². The fourth-order valence-electron chi connectivity index (χ4n) is 2.88. The first kappa shape index (κ1) is 19.6. The van der Waals surface area contributed by atoms with Gasteiger partial charge in [-0.05, 0) is 49.1 Å². The lowest BCUT2D eigenvalue weighted by Gasteiger charge is -2.19. The maximum Gasteiger partial charge on any atom is 0.191 e. The van der Waals surface area contributed by atoms with Gasteiger partial charge in [-0.15, -0.1) is 24.0 Å². The van der Waals surface area contributed by atoms with Gasteiger partial charge in [0.2, 0.25) is 0 Å². The van der Waals surface area contributed by atoms with Crippen LogP contribution in [0.25, 0.3) is 0 Å². The van der Waals surface area contributed by atoms with Gasteiger partial charge >= 0.3 is 0 Å². The smallest absolute Gasteiger partial charge is 0.191 e. The van der Waals surface area contributed by atoms with E-state index >= 15 is 0 Å². The van der Waals surface area contributed by atoms with Gasteiger partial charge < -0.3 is 10.6 Å². The van der Waals surface area contributed by atoms with E-state index in [-0.39, 0.29) is 35.2 Å². The first-order valence-electron chi connectivity index (χ1n) is 8.24. The summed E-state index contributed by atoms with van der Waals surface area (Å²) in [6.45, 7) is 3.42. The molecule has 0 amide bonds. The summed E-state index contributed by atoms with van der Waals surface area (Å²) in [4.78, 5) is 8.64. The zero-order valence-corrected chi connectivity index (χ0v) is 16.9. The van der Waals surface area contributed by atoms with Crippen LogP contribution in [-0.2, 0) is 12.0 Å². The Balaban J connectivity index is 0.00000225. The number of aromatic nitrogens is 1. The summed E-state index contributed by atoms with van der Waals surface area (Å²) in [5.41, 5.74) is 3.25. The van der Waals surface area contributed by atoms with Crippen LogP contribution in [0.2, 0.25) is 0 Å². The van der Waals surface area contributed by atoms with E-state index in [1.165, 1.54) is 6.07 Å². The highest BCUT2D eigenvalue weighted by Gasteiger charge is 2.44. The third-order valence-corrected chi connectivity index (χ3v) is 4.65. The van der Waals surface area contributed by atoms with Crippen molar-refractivity contribution in [3.63, 3.8) is 0 Å². The molecule has 0 aliphatic heterocycles. The molecule has 0 saturated heterocycles. The molecule has 3 rings (SSSR count). The molecular weight excluding hydrogens is 430 g/mol. The van der Waals surface area contributed by atoms with Crippen molar-refractivity contribution in [2.24, 2.45) is 4.99 Å². The molecule has 2 N–H and O–H groups in total. The molecule has 2 aromatic rings. The maximum absolute atomic E-state index is 13.5. The Bertz CT molecular complexity index is 744. The Morgan fingerprint density at radius 3 is 2.68 bits per heavy atom. The Kier molecular flexibility index (Phi) is 6.75. The molecule has 1 saturated carbocycles. The van der Waals surface area contributed by atoms with Crippen LogP contribution < -0.4 is 10.6 Å². The van der Waals surface area contributed by atoms with Crippen molar-refractivity contribution >= 4 is 29.9 Å². The second kappa shape index (κ2) is 8.60. The summed E-state index contributed by atoms with van der Waals surface area (Å²) < 4.78 is 13.5. The SMILES string of the molecule is CN=C(NCc1ncccc1C)NCC1(c2cccc(F)c2)CC1.I. The van der Waals surface area contributed by atoms with Gasteiger partial charge in [0.1, 0.15) is 5.82 Å². The van der Waals surface area contributed by atoms with Gasteiger partial charge in [0.15, 0.2) is 5.96 Å². The number of hydrogen-bond acceptors (Lipinski definition) is 2. The molecule has 0 radical (unpaired) electrons. The summed E-state index contributed by atoms with van der Waals surface area (Å²) in [7, 11) is 1.75. The molecule has 0 unspecified atom stereocenters. The van der Waals surface area contributed by atoms with E-state index in [4.69, 9.17) is 0 Å². The topological polar surface area (TPSA) is 49.3 Å². The second-order valence-corrected chi connectivity index (χ2v) is 6.34. The van der Waals surface area contributed by atoms with Gasteiger partial charge in [-0.2, -0.15) is 0 Å². The molecule has 1 aliphatic carbocycles. The van der Waals surface area contributed by atoms with E-state index in [9.17, 15) is 4.39 Å². The van der Waals surface area contributed by atoms with Gasteiger partial charge in [0.25, 0.3) is 0 Å². The number of benzene rings is 1. The largest absolute Gasteiger partial charge is 0.356 e. The molecule has 6 heteroatoms. The van der Waals surface area contributed by atoms with Crippen molar-refractivity contribution in [3.8, 4) is 0 Å². The van der Waals surface area contributed by atoms with E-state index < -0.39 is 0 Å². The van der Waals surface area contributed by atoms with Crippen LogP contribution in [0.1, 0.15) is 29.7 Å². The molecule has 0 spiro atoms. The number of aliphatic imine (C=N–C) groups is 1. The number of guanidine groups is 1. The molecule has 1 heterocycles. The molecule has 1 aliphatic rings. The molecule has 1 aromatic carbocycles. The average molecular weight is 454 g/mol. The number of rotatable bonds is 5. The third-order valence-electron chi connectivity index (χ3n) is 4.65. The van der Waals surface area contributed by atoms with Crippen LogP contribution in [0.4, 0.5) is 4.39 Å². The summed E-state index contributed by atoms with van der Waals surface area (Å²) >= 11 is 0. The summed E-state index contributed by atoms with van der Waals surface area (Å²) in [5, 5.41) is 6.66. The average Bonchev–Trinajstić information content (AvgIpc) is 3.38. The Hall–Kier alpha value is -1.70. The van der Waals surface area contributed by atoms with Crippen LogP contribution in [0.15, 0.2) is 47.6 Å². The molecule has 1 aromatic heterocycles. The zero-order valence-electron chi connectivity index (χ0n) is 14.6. The van der Waals surface area contributed by atoms with E-state index in [0.717, 1.165) is 42.2 Å². The van der Waals surface area contributed by atoms with Gasteiger partial charge in [0, 0.05) is 25.2 Å². The van der Waals surface area contributed by atoms with Gasteiger partial charge in [-0.25, -0.2) is 4.39 Å². The molecular formula is C19H24FIN4. The van der Waals surface area contributed by atoms with Gasteiger partial charge in [0.05, 0.1) is 12.2 Å². The Labute approximate surface area is 165 Å². The van der Waals surface area contributed by atoms with Gasteiger partial charge in [-0.3, -0.25) is 9.98 Å². The highest BCUT2D eigenvalue weighted by molar-refractivity contribution is 14.0. The highest BCUT2D eigenvalue weighted by Crippen LogP contribution is 2.47. The molecule has 0 atom stereocenters. The Morgan fingerprint density at radius 1 is 1.24 bits per heavy atom. The van der Waals surface area contributed by atoms with Crippen LogP contribution in [-0.4, -0.2) is 24.5 Å². The standard InChI is InChI=1S/C19H23FN4.HI/c1-14-5-4-10-22-17(14)12-23-18(21-2)24-13-19(8-9-19)15-6-3-7-16(20)11-15;/h3-7,10-11H,8-9,12-13H2,1-2H3,(H2,21,23,24);1H. The highest BCUT2D eigenvalue weighted by atomic mass is 127. The fraction of sp³-hybridized carbons (Fsp3) is 0.368. The minimum absolute atomic E-state index is 0. The molecule has 0 bridgehead atoms. The normalized spacial score (nSPS) is 15.2. The summed E-state index contributed by atoms with van der Waals surface area (Å²) in [6, 6.07) is 10.9. The summed E-state index contributed by atoms with van der Waals surface area (Å²) in [6.07, 6.45) is 3.93. The monoisotopic (exact) mass is 454 g/mol. The Morgan fingerprint density at radius 2 is 2.04 bits per heavy atom. The van der Waals surface area contributed by atoms with E-state index in [1.807, 2.05) is 25.1 Å². The minimum Gasteiger partial charge on any atom is -0.356 e. The number of nitrogens with one attached hydrogen (secondary N) is 2. The number of halogens is 2. The van der Waals surface area contributed by atoms with Crippen molar-refractivity contribution in [2.75, 3.05) is 13.6 Å². The lowest BCUT2D eigenvalue weighted by atomic mass is 9.96. The lowest BCUT2D eigenvalue weighted by Crippen LogP contribution is -2.41. The van der Waals surface area contributed by atoms with Crippen molar-refractivity contribution in [1.82, 2.24) is 15.6 Å². The molecule has 25 heavy (non-hydrogen) atoms. The van der Waals surface area contributed by atoms with Crippen molar-refractivity contribution < 1.29 is 4.39 Å². The van der Waals surface area contributed by atoms with Crippen LogP contribution in [0.5, 0.6) is 0 Å². The minimum atomic E-state index is -0.174. The van der Waals surface area contributed by atoms with Crippen LogP contribution >= 0.6 is 24.0 Å². The van der Waals surface area contributed by atoms with Crippen molar-refractivity contribution in [3.05, 3.63) is 65.2 Å². The maximum atomic E-state index is 13.5. The van der Waals surface area contributed by atoms with Crippen molar-refractivity contribution in [1.29, 1.82) is 0 Å². The van der Waals surface area contributed by atoms with Crippen molar-refractivity contribution in [2.45, 2.75) is 31.7 Å². The first-order chi connectivity index (χ1) is 11.6.